The van der Waals surface area contributed by atoms with E-state index >= 15 is 0 Å². The minimum absolute atomic E-state index is 0.721. The molecule has 0 saturated carbocycles. The number of rotatable bonds is 18. The first-order valence-corrected chi connectivity index (χ1v) is 12.4. The lowest BCUT2D eigenvalue weighted by Crippen LogP contribution is -2.31. The molecule has 0 bridgehead atoms. The molecule has 0 saturated heterocycles. The van der Waals surface area contributed by atoms with E-state index in [4.69, 9.17) is 15.0 Å². The first-order chi connectivity index (χ1) is 13.3. The summed E-state index contributed by atoms with van der Waals surface area (Å²) in [5.41, 5.74) is 0. The van der Waals surface area contributed by atoms with Crippen LogP contribution in [-0.4, -0.2) is 54.7 Å². The number of hydrogen-bond acceptors (Lipinski definition) is 6. The molecule has 28 heavy (non-hydrogen) atoms. The van der Waals surface area contributed by atoms with Crippen LogP contribution in [-0.2, 0) is 9.59 Å². The lowest BCUT2D eigenvalue weighted by Gasteiger charge is -2.22. The number of carboxylic acid groups (broad SMARTS) is 2. The van der Waals surface area contributed by atoms with Crippen molar-refractivity contribution in [2.45, 2.75) is 95.2 Å². The topological polar surface area (TPSA) is 115 Å². The van der Waals surface area contributed by atoms with Crippen LogP contribution >= 0.6 is 23.5 Å². The smallest absolute Gasteiger partial charge is 0.357 e. The van der Waals surface area contributed by atoms with Gasteiger partial charge in [0.15, 0.2) is 0 Å². The Kier molecular flexibility index (Phi) is 22.6. The normalized spacial score (nSPS) is 11.0. The average Bonchev–Trinajstić information content (AvgIpc) is 2.67. The van der Waals surface area contributed by atoms with Crippen LogP contribution in [0.15, 0.2) is 0 Å². The van der Waals surface area contributed by atoms with Crippen molar-refractivity contribution in [3.05, 3.63) is 0 Å². The van der Waals surface area contributed by atoms with Crippen molar-refractivity contribution < 1.29 is 30.0 Å². The van der Waals surface area contributed by atoms with Gasteiger partial charge < -0.3 is 20.4 Å². The molecule has 6 nitrogen and oxygen atoms in total. The molecule has 0 aliphatic rings. The zero-order valence-electron chi connectivity index (χ0n) is 17.5. The van der Waals surface area contributed by atoms with Crippen LogP contribution in [0.5, 0.6) is 0 Å². The molecule has 0 radical (unpaired) electrons. The Morgan fingerprint density at radius 2 is 1.04 bits per heavy atom. The van der Waals surface area contributed by atoms with Crippen molar-refractivity contribution in [1.82, 2.24) is 0 Å². The van der Waals surface area contributed by atoms with Gasteiger partial charge >= 0.3 is 11.9 Å². The predicted octanol–water partition coefficient (Wildman–Crippen LogP) is 4.97. The Morgan fingerprint density at radius 1 is 0.714 bits per heavy atom. The maximum Gasteiger partial charge on any atom is 0.357 e. The Morgan fingerprint density at radius 3 is 1.32 bits per heavy atom. The van der Waals surface area contributed by atoms with Crippen LogP contribution in [0.3, 0.4) is 0 Å². The van der Waals surface area contributed by atoms with Crippen molar-refractivity contribution in [3.8, 4) is 0 Å². The van der Waals surface area contributed by atoms with Crippen molar-refractivity contribution in [2.24, 2.45) is 0 Å². The van der Waals surface area contributed by atoms with Gasteiger partial charge in [-0.3, -0.25) is 0 Å². The third kappa shape index (κ3) is 20.3. The van der Waals surface area contributed by atoms with Crippen molar-refractivity contribution in [3.63, 3.8) is 0 Å². The maximum absolute atomic E-state index is 11.3. The molecule has 0 heterocycles. The number of carboxylic acids is 2. The summed E-state index contributed by atoms with van der Waals surface area (Å²) < 4.78 is -1.66. The molecule has 0 aromatic carbocycles. The second kappa shape index (κ2) is 21.3. The van der Waals surface area contributed by atoms with E-state index in [1.807, 2.05) is 0 Å². The number of unbranched alkanes of at least 4 members (excludes halogenated alkanes) is 10. The van der Waals surface area contributed by atoms with Crippen LogP contribution in [0.1, 0.15) is 90.9 Å². The Balaban J connectivity index is 0. The largest absolute Gasteiger partial charge is 0.480 e. The van der Waals surface area contributed by atoms with Crippen LogP contribution in [0, 0.1) is 0 Å². The van der Waals surface area contributed by atoms with Gasteiger partial charge in [-0.05, 0) is 24.3 Å². The highest BCUT2D eigenvalue weighted by Crippen LogP contribution is 2.36. The van der Waals surface area contributed by atoms with Gasteiger partial charge in [0.1, 0.15) is 6.61 Å². The number of carbonyl (C=O) groups is 2. The fourth-order valence-electron chi connectivity index (χ4n) is 2.35. The van der Waals surface area contributed by atoms with Gasteiger partial charge in [-0.25, -0.2) is 9.59 Å². The minimum Gasteiger partial charge on any atom is -0.480 e. The van der Waals surface area contributed by atoms with E-state index < -0.39 is 22.8 Å². The average molecular weight is 441 g/mol. The Hall–Kier alpha value is -0.440. The molecule has 0 aromatic heterocycles. The van der Waals surface area contributed by atoms with Gasteiger partial charge in [-0.2, -0.15) is 0 Å². The fourth-order valence-corrected chi connectivity index (χ4v) is 4.68. The number of hydrogen-bond donors (Lipinski definition) is 4. The van der Waals surface area contributed by atoms with Gasteiger partial charge in [0, 0.05) is 0 Å². The van der Waals surface area contributed by atoms with E-state index in [9.17, 15) is 15.0 Å². The molecule has 0 spiro atoms. The quantitative estimate of drug-likeness (QED) is 0.174. The highest BCUT2D eigenvalue weighted by molar-refractivity contribution is 8.19. The molecule has 0 aromatic rings. The fraction of sp³-hybridized carbons (Fsp3) is 0.900. The summed E-state index contributed by atoms with van der Waals surface area (Å²) in [6.07, 6.45) is 14.2. The summed E-state index contributed by atoms with van der Waals surface area (Å²) in [6, 6.07) is 0. The lowest BCUT2D eigenvalue weighted by molar-refractivity contribution is -0.144. The van der Waals surface area contributed by atoms with Crippen LogP contribution < -0.4 is 0 Å². The van der Waals surface area contributed by atoms with Crippen molar-refractivity contribution in [1.29, 1.82) is 0 Å². The summed E-state index contributed by atoms with van der Waals surface area (Å²) in [5, 5.41) is 34.6. The van der Waals surface area contributed by atoms with Gasteiger partial charge in [-0.1, -0.05) is 78.1 Å². The number of aliphatic carboxylic acids is 2. The summed E-state index contributed by atoms with van der Waals surface area (Å²) in [7, 11) is 0. The third-order valence-corrected chi connectivity index (χ3v) is 6.82. The Bertz CT molecular complexity index is 362. The first-order valence-electron chi connectivity index (χ1n) is 10.4. The van der Waals surface area contributed by atoms with E-state index in [1.54, 1.807) is 0 Å². The van der Waals surface area contributed by atoms with Crippen molar-refractivity contribution in [2.75, 3.05) is 18.1 Å². The second-order valence-corrected chi connectivity index (χ2v) is 9.51. The van der Waals surface area contributed by atoms with Crippen LogP contribution in [0.2, 0.25) is 0 Å². The molecular weight excluding hydrogens is 400 g/mol. The van der Waals surface area contributed by atoms with E-state index in [1.165, 1.54) is 74.9 Å². The molecule has 8 heteroatoms. The molecule has 0 atom stereocenters. The standard InChI is InChI=1S/C18H36O3S2.C2H4O3/c1-3-5-7-9-11-13-15-22-18(21,17(19)20)23-16-14-12-10-8-6-4-2;3-1-2(4)5/h21H,3-16H2,1-2H3,(H,19,20);3H,1H2,(H,4,5). The van der Waals surface area contributed by atoms with Gasteiger partial charge in [0.2, 0.25) is 0 Å². The first kappa shape index (κ1) is 29.8. The molecule has 0 aliphatic carbocycles. The van der Waals surface area contributed by atoms with Crippen molar-refractivity contribution >= 4 is 35.5 Å². The SMILES string of the molecule is CCCCCCCCSC(O)(SCCCCCCCC)C(=O)O.O=C(O)CO. The van der Waals surface area contributed by atoms with E-state index in [0.29, 0.717) is 0 Å². The Labute approximate surface area is 178 Å². The summed E-state index contributed by atoms with van der Waals surface area (Å²) in [4.78, 5) is 20.5. The summed E-state index contributed by atoms with van der Waals surface area (Å²) in [6.45, 7) is 3.62. The summed E-state index contributed by atoms with van der Waals surface area (Å²) in [5.74, 6) is -0.855. The monoisotopic (exact) mass is 440 g/mol. The van der Waals surface area contributed by atoms with E-state index in [0.717, 1.165) is 37.2 Å². The number of aliphatic hydroxyl groups is 2. The number of thioether (sulfide) groups is 2. The highest BCUT2D eigenvalue weighted by Gasteiger charge is 2.36. The van der Waals surface area contributed by atoms with Crippen LogP contribution in [0.4, 0.5) is 0 Å². The maximum atomic E-state index is 11.3. The highest BCUT2D eigenvalue weighted by atomic mass is 32.2. The minimum atomic E-state index is -1.66. The molecule has 168 valence electrons. The summed E-state index contributed by atoms with van der Waals surface area (Å²) >= 11 is 2.37. The van der Waals surface area contributed by atoms with Crippen LogP contribution in [0.25, 0.3) is 0 Å². The molecule has 0 rings (SSSR count). The predicted molar refractivity (Wildman–Crippen MR) is 119 cm³/mol. The van der Waals surface area contributed by atoms with E-state index in [-0.39, 0.29) is 0 Å². The molecular formula is C20H40O6S2. The van der Waals surface area contributed by atoms with E-state index in [2.05, 4.69) is 13.8 Å². The zero-order chi connectivity index (χ0) is 21.7. The van der Waals surface area contributed by atoms with Gasteiger partial charge in [-0.15, -0.1) is 23.5 Å². The third-order valence-electron chi connectivity index (χ3n) is 4.00. The molecule has 4 N–H and O–H groups in total. The molecule has 0 amide bonds. The second-order valence-electron chi connectivity index (χ2n) is 6.67. The zero-order valence-corrected chi connectivity index (χ0v) is 19.2. The molecule has 0 aliphatic heterocycles. The lowest BCUT2D eigenvalue weighted by atomic mass is 10.1. The number of aliphatic hydroxyl groups excluding tert-OH is 1. The van der Waals surface area contributed by atoms with Gasteiger partial charge in [0.25, 0.3) is 4.27 Å². The van der Waals surface area contributed by atoms with Gasteiger partial charge in [0.05, 0.1) is 0 Å². The molecule has 0 unspecified atom stereocenters. The molecule has 0 fully saturated rings.